The Labute approximate surface area is 123 Å². The van der Waals surface area contributed by atoms with Crippen molar-refractivity contribution in [2.24, 2.45) is 0 Å². The van der Waals surface area contributed by atoms with Crippen molar-refractivity contribution in [2.45, 2.75) is 25.2 Å². The molecule has 0 bridgehead atoms. The molecule has 0 spiro atoms. The first kappa shape index (κ1) is 12.7. The van der Waals surface area contributed by atoms with Crippen LogP contribution < -0.4 is 4.90 Å². The van der Waals surface area contributed by atoms with Gasteiger partial charge in [-0.05, 0) is 41.7 Å². The number of fused-ring (bicyclic) bond motifs is 1. The Kier molecular flexibility index (Phi) is 3.61. The Morgan fingerprint density at radius 3 is 2.63 bits per heavy atom. The second kappa shape index (κ2) is 5.38. The van der Waals surface area contributed by atoms with E-state index in [4.69, 9.17) is 0 Å². The molecule has 0 N–H and O–H groups in total. The minimum atomic E-state index is 0.928. The maximum Gasteiger partial charge on any atom is 0.0432 e. The second-order valence-electron chi connectivity index (χ2n) is 5.19. The summed E-state index contributed by atoms with van der Waals surface area (Å²) in [5.74, 6) is 0. The fraction of sp³-hybridized carbons (Fsp3) is 0.294. The highest BCUT2D eigenvalue weighted by atomic mass is 79.9. The molecule has 1 nitrogen and oxygen atoms in total. The number of nitrogens with zero attached hydrogens (tertiary/aromatic N) is 1. The number of anilines is 1. The highest BCUT2D eigenvalue weighted by molar-refractivity contribution is 9.08. The predicted molar refractivity (Wildman–Crippen MR) is 85.0 cm³/mol. The number of aryl methyl sites for hydroxylation is 1. The molecule has 0 radical (unpaired) electrons. The molecule has 0 saturated carbocycles. The van der Waals surface area contributed by atoms with Crippen LogP contribution in [0.3, 0.4) is 0 Å². The summed E-state index contributed by atoms with van der Waals surface area (Å²) in [5, 5.41) is 0.928. The van der Waals surface area contributed by atoms with E-state index >= 15 is 0 Å². The molecule has 2 aromatic rings. The van der Waals surface area contributed by atoms with E-state index in [1.807, 2.05) is 0 Å². The highest BCUT2D eigenvalue weighted by Crippen LogP contribution is 2.28. The standard InChI is InChI=1S/C17H18BrN/c1-13-10-14(11-18)6-7-17(13)19-9-8-15-4-2-3-5-16(15)12-19/h2-7,10H,8-9,11-12H2,1H3. The molecule has 2 aromatic carbocycles. The summed E-state index contributed by atoms with van der Waals surface area (Å²) in [6.45, 7) is 4.36. The van der Waals surface area contributed by atoms with Gasteiger partial charge < -0.3 is 4.90 Å². The van der Waals surface area contributed by atoms with Crippen LogP contribution in [-0.2, 0) is 18.3 Å². The van der Waals surface area contributed by atoms with E-state index in [0.717, 1.165) is 24.8 Å². The first-order chi connectivity index (χ1) is 9.28. The van der Waals surface area contributed by atoms with Gasteiger partial charge in [-0.1, -0.05) is 52.3 Å². The average molecular weight is 316 g/mol. The lowest BCUT2D eigenvalue weighted by molar-refractivity contribution is 0.729. The van der Waals surface area contributed by atoms with E-state index in [2.05, 4.69) is 70.2 Å². The number of benzene rings is 2. The molecule has 0 unspecified atom stereocenters. The van der Waals surface area contributed by atoms with Crippen molar-refractivity contribution >= 4 is 21.6 Å². The van der Waals surface area contributed by atoms with Crippen molar-refractivity contribution in [1.29, 1.82) is 0 Å². The van der Waals surface area contributed by atoms with Crippen molar-refractivity contribution < 1.29 is 0 Å². The Hall–Kier alpha value is -1.28. The Bertz CT molecular complexity index is 592. The summed E-state index contributed by atoms with van der Waals surface area (Å²) in [6.07, 6.45) is 1.15. The molecule has 0 aliphatic carbocycles. The molecule has 3 rings (SSSR count). The van der Waals surface area contributed by atoms with Crippen molar-refractivity contribution in [3.8, 4) is 0 Å². The van der Waals surface area contributed by atoms with Gasteiger partial charge in [-0.2, -0.15) is 0 Å². The van der Waals surface area contributed by atoms with Gasteiger partial charge in [0.2, 0.25) is 0 Å². The van der Waals surface area contributed by atoms with Crippen LogP contribution in [0.1, 0.15) is 22.3 Å². The quantitative estimate of drug-likeness (QED) is 0.740. The predicted octanol–water partition coefficient (Wildman–Crippen LogP) is 4.45. The lowest BCUT2D eigenvalue weighted by Crippen LogP contribution is -2.30. The van der Waals surface area contributed by atoms with E-state index in [-0.39, 0.29) is 0 Å². The zero-order valence-corrected chi connectivity index (χ0v) is 12.8. The topological polar surface area (TPSA) is 3.24 Å². The third-order valence-electron chi connectivity index (χ3n) is 3.89. The molecule has 0 saturated heterocycles. The zero-order valence-electron chi connectivity index (χ0n) is 11.2. The van der Waals surface area contributed by atoms with Crippen LogP contribution in [0, 0.1) is 6.92 Å². The maximum atomic E-state index is 3.52. The monoisotopic (exact) mass is 315 g/mol. The molecular weight excluding hydrogens is 298 g/mol. The summed E-state index contributed by atoms with van der Waals surface area (Å²) >= 11 is 3.52. The third-order valence-corrected chi connectivity index (χ3v) is 4.53. The molecule has 0 atom stereocenters. The summed E-state index contributed by atoms with van der Waals surface area (Å²) in [6, 6.07) is 15.6. The Balaban J connectivity index is 1.89. The largest absolute Gasteiger partial charge is 0.367 e. The molecule has 0 aromatic heterocycles. The highest BCUT2D eigenvalue weighted by Gasteiger charge is 2.17. The Morgan fingerprint density at radius 1 is 1.11 bits per heavy atom. The van der Waals surface area contributed by atoms with Gasteiger partial charge in [0.15, 0.2) is 0 Å². The van der Waals surface area contributed by atoms with Gasteiger partial charge in [0, 0.05) is 24.1 Å². The van der Waals surface area contributed by atoms with Crippen molar-refractivity contribution in [3.05, 3.63) is 64.7 Å². The minimum Gasteiger partial charge on any atom is -0.367 e. The first-order valence-corrected chi connectivity index (χ1v) is 7.87. The van der Waals surface area contributed by atoms with Crippen LogP contribution in [-0.4, -0.2) is 6.54 Å². The fourth-order valence-corrected chi connectivity index (χ4v) is 3.21. The number of halogens is 1. The fourth-order valence-electron chi connectivity index (χ4n) is 2.86. The molecule has 1 aliphatic rings. The van der Waals surface area contributed by atoms with Gasteiger partial charge in [-0.15, -0.1) is 0 Å². The van der Waals surface area contributed by atoms with Crippen molar-refractivity contribution in [3.63, 3.8) is 0 Å². The van der Waals surface area contributed by atoms with Gasteiger partial charge in [0.1, 0.15) is 0 Å². The molecule has 2 heteroatoms. The van der Waals surface area contributed by atoms with Crippen LogP contribution in [0.4, 0.5) is 5.69 Å². The molecule has 1 heterocycles. The maximum absolute atomic E-state index is 3.52. The van der Waals surface area contributed by atoms with Gasteiger partial charge in [-0.25, -0.2) is 0 Å². The lowest BCUT2D eigenvalue weighted by atomic mass is 9.98. The zero-order chi connectivity index (χ0) is 13.2. The van der Waals surface area contributed by atoms with Gasteiger partial charge in [0.05, 0.1) is 0 Å². The van der Waals surface area contributed by atoms with E-state index in [1.54, 1.807) is 0 Å². The normalized spacial score (nSPS) is 14.3. The van der Waals surface area contributed by atoms with E-state index < -0.39 is 0 Å². The van der Waals surface area contributed by atoms with Crippen LogP contribution in [0.15, 0.2) is 42.5 Å². The average Bonchev–Trinajstić information content (AvgIpc) is 2.46. The molecular formula is C17H18BrN. The van der Waals surface area contributed by atoms with Crippen LogP contribution >= 0.6 is 15.9 Å². The smallest absolute Gasteiger partial charge is 0.0432 e. The summed E-state index contributed by atoms with van der Waals surface area (Å²) < 4.78 is 0. The second-order valence-corrected chi connectivity index (χ2v) is 5.76. The van der Waals surface area contributed by atoms with Crippen LogP contribution in [0.5, 0.6) is 0 Å². The Morgan fingerprint density at radius 2 is 1.89 bits per heavy atom. The number of hydrogen-bond donors (Lipinski definition) is 0. The van der Waals surface area contributed by atoms with E-state index in [0.29, 0.717) is 0 Å². The minimum absolute atomic E-state index is 0.928. The molecule has 0 amide bonds. The van der Waals surface area contributed by atoms with Crippen LogP contribution in [0.2, 0.25) is 0 Å². The molecule has 1 aliphatic heterocycles. The van der Waals surface area contributed by atoms with Crippen LogP contribution in [0.25, 0.3) is 0 Å². The number of rotatable bonds is 2. The summed E-state index contributed by atoms with van der Waals surface area (Å²) in [4.78, 5) is 2.50. The van der Waals surface area contributed by atoms with E-state index in [1.165, 1.54) is 27.9 Å². The van der Waals surface area contributed by atoms with Gasteiger partial charge in [-0.3, -0.25) is 0 Å². The number of alkyl halides is 1. The van der Waals surface area contributed by atoms with Crippen molar-refractivity contribution in [2.75, 3.05) is 11.4 Å². The molecule has 98 valence electrons. The summed E-state index contributed by atoms with van der Waals surface area (Å²) in [7, 11) is 0. The lowest BCUT2D eigenvalue weighted by Gasteiger charge is -2.32. The number of hydrogen-bond acceptors (Lipinski definition) is 1. The summed E-state index contributed by atoms with van der Waals surface area (Å²) in [5.41, 5.74) is 7.07. The third kappa shape index (κ3) is 2.55. The molecule has 0 fully saturated rings. The SMILES string of the molecule is Cc1cc(CBr)ccc1N1CCc2ccccc2C1. The first-order valence-electron chi connectivity index (χ1n) is 6.75. The van der Waals surface area contributed by atoms with Gasteiger partial charge >= 0.3 is 0 Å². The van der Waals surface area contributed by atoms with Crippen molar-refractivity contribution in [1.82, 2.24) is 0 Å². The van der Waals surface area contributed by atoms with E-state index in [9.17, 15) is 0 Å². The van der Waals surface area contributed by atoms with Gasteiger partial charge in [0.25, 0.3) is 0 Å². The molecule has 19 heavy (non-hydrogen) atoms.